The quantitative estimate of drug-likeness (QED) is 0.209. The van der Waals surface area contributed by atoms with Crippen molar-refractivity contribution < 1.29 is 15.1 Å². The highest BCUT2D eigenvalue weighted by Gasteiger charge is 1.92. The van der Waals surface area contributed by atoms with Crippen molar-refractivity contribution in [1.82, 2.24) is 32.6 Å². The van der Waals surface area contributed by atoms with Gasteiger partial charge in [-0.2, -0.15) is 0 Å². The van der Waals surface area contributed by atoms with Gasteiger partial charge in [-0.05, 0) is 0 Å². The SMILES string of the molecule is C1=CNNC1.C1=CNNC1.C1=CNNC1.OB(O)O. The van der Waals surface area contributed by atoms with E-state index in [4.69, 9.17) is 15.1 Å². The molecule has 3 heterocycles. The van der Waals surface area contributed by atoms with Crippen LogP contribution in [-0.4, -0.2) is 42.0 Å². The lowest BCUT2D eigenvalue weighted by Crippen LogP contribution is -2.19. The molecule has 0 saturated heterocycles. The lowest BCUT2D eigenvalue weighted by molar-refractivity contribution is 0.278. The Balaban J connectivity index is 0.000000229. The fraction of sp³-hybridized carbons (Fsp3) is 0.333. The second kappa shape index (κ2) is 14.5. The van der Waals surface area contributed by atoms with Gasteiger partial charge < -0.3 is 31.3 Å². The van der Waals surface area contributed by atoms with E-state index < -0.39 is 7.32 Å². The zero-order valence-corrected chi connectivity index (χ0v) is 10.5. The molecule has 0 aliphatic carbocycles. The molecule has 108 valence electrons. The fourth-order valence-electron chi connectivity index (χ4n) is 0.884. The minimum atomic E-state index is -2.17. The maximum atomic E-state index is 7.17. The summed E-state index contributed by atoms with van der Waals surface area (Å²) in [7, 11) is -2.17. The van der Waals surface area contributed by atoms with Crippen molar-refractivity contribution in [3.63, 3.8) is 0 Å². The van der Waals surface area contributed by atoms with E-state index in [0.29, 0.717) is 0 Å². The number of hydrogen-bond donors (Lipinski definition) is 9. The largest absolute Gasteiger partial charge is 0.631 e. The van der Waals surface area contributed by atoms with Crippen LogP contribution in [-0.2, 0) is 0 Å². The van der Waals surface area contributed by atoms with Gasteiger partial charge in [0.25, 0.3) is 0 Å². The molecule has 0 fully saturated rings. The van der Waals surface area contributed by atoms with Crippen LogP contribution in [0.25, 0.3) is 0 Å². The minimum absolute atomic E-state index is 0.958. The molecule has 19 heavy (non-hydrogen) atoms. The topological polar surface area (TPSA) is 133 Å². The molecule has 9 nitrogen and oxygen atoms in total. The molecule has 0 aromatic heterocycles. The van der Waals surface area contributed by atoms with Gasteiger partial charge in [-0.15, -0.1) is 0 Å². The van der Waals surface area contributed by atoms with Crippen molar-refractivity contribution in [1.29, 1.82) is 0 Å². The van der Waals surface area contributed by atoms with E-state index in [1.54, 1.807) is 0 Å². The molecule has 0 bridgehead atoms. The minimum Gasteiger partial charge on any atom is -0.402 e. The molecule has 0 radical (unpaired) electrons. The molecule has 0 amide bonds. The molecule has 0 saturated carbocycles. The summed E-state index contributed by atoms with van der Waals surface area (Å²) in [4.78, 5) is 0. The molecular weight excluding hydrogens is 251 g/mol. The number of hydrazine groups is 3. The number of rotatable bonds is 0. The third-order valence-electron chi connectivity index (χ3n) is 1.57. The van der Waals surface area contributed by atoms with Gasteiger partial charge in [0.2, 0.25) is 0 Å². The van der Waals surface area contributed by atoms with E-state index in [1.807, 2.05) is 36.8 Å². The summed E-state index contributed by atoms with van der Waals surface area (Å²) in [6.07, 6.45) is 11.7. The van der Waals surface area contributed by atoms with Gasteiger partial charge in [-0.1, -0.05) is 18.2 Å². The van der Waals surface area contributed by atoms with Crippen molar-refractivity contribution >= 4 is 7.32 Å². The zero-order chi connectivity index (χ0) is 14.2. The lowest BCUT2D eigenvalue weighted by Gasteiger charge is -1.83. The summed E-state index contributed by atoms with van der Waals surface area (Å²) < 4.78 is 0. The molecular formula is C9H21BN6O3. The standard InChI is InChI=1S/3C3H6N2.BH3O3/c3*1-2-4-5-3-1;2-1(3)4/h3*1-2,4-5H,3H2;2-4H. The van der Waals surface area contributed by atoms with Gasteiger partial charge in [-0.25, -0.2) is 16.3 Å². The number of hydrogen-bond acceptors (Lipinski definition) is 9. The first-order valence-corrected chi connectivity index (χ1v) is 5.68. The second-order valence-corrected chi connectivity index (χ2v) is 3.13. The highest BCUT2D eigenvalue weighted by molar-refractivity contribution is 6.30. The predicted octanol–water partition coefficient (Wildman–Crippen LogP) is -3.23. The number of nitrogens with one attached hydrogen (secondary N) is 6. The smallest absolute Gasteiger partial charge is 0.402 e. The van der Waals surface area contributed by atoms with Crippen molar-refractivity contribution in [3.05, 3.63) is 36.8 Å². The third-order valence-corrected chi connectivity index (χ3v) is 1.57. The van der Waals surface area contributed by atoms with Crippen LogP contribution < -0.4 is 32.6 Å². The Morgan fingerprint density at radius 3 is 0.947 bits per heavy atom. The first kappa shape index (κ1) is 17.4. The van der Waals surface area contributed by atoms with Crippen LogP contribution in [0.2, 0.25) is 0 Å². The van der Waals surface area contributed by atoms with Crippen LogP contribution in [0.4, 0.5) is 0 Å². The summed E-state index contributed by atoms with van der Waals surface area (Å²) in [5.74, 6) is 0. The molecule has 3 aliphatic rings. The Kier molecular flexibility index (Phi) is 13.3. The normalized spacial score (nSPS) is 16.6. The van der Waals surface area contributed by atoms with Crippen molar-refractivity contribution in [3.8, 4) is 0 Å². The molecule has 0 spiro atoms. The van der Waals surface area contributed by atoms with Gasteiger partial charge in [0.05, 0.1) is 0 Å². The van der Waals surface area contributed by atoms with E-state index in [2.05, 4.69) is 32.6 Å². The molecule has 10 heteroatoms. The summed E-state index contributed by atoms with van der Waals surface area (Å²) in [6.45, 7) is 2.88. The van der Waals surface area contributed by atoms with Gasteiger partial charge in [-0.3, -0.25) is 0 Å². The van der Waals surface area contributed by atoms with Gasteiger partial charge >= 0.3 is 7.32 Å². The molecule has 0 atom stereocenters. The maximum Gasteiger partial charge on any atom is 0.631 e. The average Bonchev–Trinajstić information content (AvgIpc) is 3.18. The van der Waals surface area contributed by atoms with Crippen molar-refractivity contribution in [2.75, 3.05) is 19.6 Å². The van der Waals surface area contributed by atoms with Gasteiger partial charge in [0, 0.05) is 38.2 Å². The molecule has 0 aromatic carbocycles. The van der Waals surface area contributed by atoms with Gasteiger partial charge in [0.1, 0.15) is 0 Å². The predicted molar refractivity (Wildman–Crippen MR) is 73.2 cm³/mol. The van der Waals surface area contributed by atoms with Crippen LogP contribution in [0.3, 0.4) is 0 Å². The van der Waals surface area contributed by atoms with Crippen LogP contribution >= 0.6 is 0 Å². The monoisotopic (exact) mass is 272 g/mol. The highest BCUT2D eigenvalue weighted by atomic mass is 16.5. The Morgan fingerprint density at radius 2 is 0.895 bits per heavy atom. The third kappa shape index (κ3) is 19.0. The van der Waals surface area contributed by atoms with Crippen LogP contribution in [0.1, 0.15) is 0 Å². The van der Waals surface area contributed by atoms with E-state index in [0.717, 1.165) is 19.6 Å². The van der Waals surface area contributed by atoms with Crippen molar-refractivity contribution in [2.45, 2.75) is 0 Å². The summed E-state index contributed by atoms with van der Waals surface area (Å²) in [6, 6.07) is 0. The first-order chi connectivity index (χ1) is 9.23. The molecule has 3 aliphatic heterocycles. The lowest BCUT2D eigenvalue weighted by atomic mass is 10.3. The summed E-state index contributed by atoms with van der Waals surface area (Å²) in [5.41, 5.74) is 17.0. The maximum absolute atomic E-state index is 7.17. The molecule has 0 aromatic rings. The molecule has 3 rings (SSSR count). The Labute approximate surface area is 112 Å². The Hall–Kier alpha value is -1.56. The summed E-state index contributed by atoms with van der Waals surface area (Å²) >= 11 is 0. The Morgan fingerprint density at radius 1 is 0.632 bits per heavy atom. The van der Waals surface area contributed by atoms with Crippen molar-refractivity contribution in [2.24, 2.45) is 0 Å². The fourth-order valence-corrected chi connectivity index (χ4v) is 0.884. The zero-order valence-electron chi connectivity index (χ0n) is 10.5. The van der Waals surface area contributed by atoms with E-state index in [-0.39, 0.29) is 0 Å². The average molecular weight is 272 g/mol. The van der Waals surface area contributed by atoms with E-state index in [1.165, 1.54) is 0 Å². The van der Waals surface area contributed by atoms with E-state index >= 15 is 0 Å². The highest BCUT2D eigenvalue weighted by Crippen LogP contribution is 1.68. The molecule has 9 N–H and O–H groups in total. The van der Waals surface area contributed by atoms with Crippen LogP contribution in [0.5, 0.6) is 0 Å². The first-order valence-electron chi connectivity index (χ1n) is 5.68. The van der Waals surface area contributed by atoms with Crippen LogP contribution in [0.15, 0.2) is 36.8 Å². The van der Waals surface area contributed by atoms with E-state index in [9.17, 15) is 0 Å². The van der Waals surface area contributed by atoms with Crippen LogP contribution in [0, 0.1) is 0 Å². The van der Waals surface area contributed by atoms with Gasteiger partial charge in [0.15, 0.2) is 0 Å². The Bertz CT molecular complexity index is 216. The second-order valence-electron chi connectivity index (χ2n) is 3.13. The molecule has 0 unspecified atom stereocenters. The summed E-state index contributed by atoms with van der Waals surface area (Å²) in [5, 5.41) is 21.5.